The third-order valence-electron chi connectivity index (χ3n) is 4.95. The number of aromatic amines is 1. The number of guanidine groups is 1. The van der Waals surface area contributed by atoms with E-state index in [1.165, 1.54) is 0 Å². The zero-order valence-corrected chi connectivity index (χ0v) is 18.1. The lowest BCUT2D eigenvalue weighted by atomic mass is 10.2. The molecule has 0 bridgehead atoms. The second kappa shape index (κ2) is 9.32. The van der Waals surface area contributed by atoms with Crippen molar-refractivity contribution in [2.75, 3.05) is 32.6 Å². The molecular weight excluding hydrogens is 408 g/mol. The molecule has 11 heteroatoms. The molecule has 0 radical (unpaired) electrons. The smallest absolute Gasteiger partial charge is 0.209 e. The number of aryl methyl sites for hydroxylation is 1. The second-order valence-corrected chi connectivity index (χ2v) is 7.06. The van der Waals surface area contributed by atoms with Gasteiger partial charge in [0.1, 0.15) is 11.2 Å². The van der Waals surface area contributed by atoms with Crippen LogP contribution in [0.2, 0.25) is 0 Å². The summed E-state index contributed by atoms with van der Waals surface area (Å²) in [5.41, 5.74) is 5.03. The maximum atomic E-state index is 8.88. The summed E-state index contributed by atoms with van der Waals surface area (Å²) in [6.45, 7) is 1.45. The highest BCUT2D eigenvalue weighted by Gasteiger charge is 2.15. The SMILES string of the molecule is CNc1nc2[nH]c(-c3cccc(CN/C(=N\C#N)NCCOC)n3)cc2c2c1ncn2C. The number of hydrogen-bond donors (Lipinski definition) is 4. The molecule has 4 N–H and O–H groups in total. The molecular formula is C21H24N10O. The maximum Gasteiger partial charge on any atom is 0.209 e. The first-order valence-electron chi connectivity index (χ1n) is 10.1. The fourth-order valence-electron chi connectivity index (χ4n) is 3.48. The van der Waals surface area contributed by atoms with Crippen LogP contribution >= 0.6 is 0 Å². The number of anilines is 1. The Morgan fingerprint density at radius 2 is 2.19 bits per heavy atom. The minimum Gasteiger partial charge on any atom is -0.383 e. The van der Waals surface area contributed by atoms with E-state index in [1.807, 2.05) is 42.9 Å². The Balaban J connectivity index is 1.60. The number of nitriles is 1. The summed E-state index contributed by atoms with van der Waals surface area (Å²) in [6, 6.07) is 7.83. The fourth-order valence-corrected chi connectivity index (χ4v) is 3.48. The molecule has 4 aromatic heterocycles. The zero-order chi connectivity index (χ0) is 22.5. The molecule has 11 nitrogen and oxygen atoms in total. The van der Waals surface area contributed by atoms with Gasteiger partial charge in [-0.15, -0.1) is 4.99 Å². The maximum absolute atomic E-state index is 8.88. The van der Waals surface area contributed by atoms with Gasteiger partial charge >= 0.3 is 0 Å². The number of nitrogens with one attached hydrogen (secondary N) is 4. The third kappa shape index (κ3) is 4.17. The highest BCUT2D eigenvalue weighted by atomic mass is 16.5. The molecule has 0 saturated carbocycles. The van der Waals surface area contributed by atoms with E-state index in [0.717, 1.165) is 45.0 Å². The Bertz CT molecular complexity index is 1310. The number of nitrogens with zero attached hydrogens (tertiary/aromatic N) is 6. The first-order chi connectivity index (χ1) is 15.6. The van der Waals surface area contributed by atoms with E-state index in [4.69, 9.17) is 15.0 Å². The van der Waals surface area contributed by atoms with Crippen molar-refractivity contribution in [1.82, 2.24) is 35.1 Å². The predicted molar refractivity (Wildman–Crippen MR) is 123 cm³/mol. The van der Waals surface area contributed by atoms with Gasteiger partial charge in [0.25, 0.3) is 0 Å². The number of aliphatic imine (C=N–C) groups is 1. The monoisotopic (exact) mass is 432 g/mol. The Morgan fingerprint density at radius 1 is 1.31 bits per heavy atom. The standard InChI is InChI=1S/C21H24N10O/c1-23-20-17-18(31(2)12-27-17)14-9-16(29-19(14)30-20)15-6-4-5-13(28-15)10-25-21(26-11-22)24-7-8-32-3/h4-6,9,12H,7-8,10H2,1-3H3,(H2,23,29,30)(H2,24,25,26). The minimum atomic E-state index is 0.379. The van der Waals surface area contributed by atoms with Crippen LogP contribution in [0.25, 0.3) is 33.5 Å². The van der Waals surface area contributed by atoms with Crippen molar-refractivity contribution < 1.29 is 4.74 Å². The van der Waals surface area contributed by atoms with Crippen molar-refractivity contribution in [3.8, 4) is 17.6 Å². The van der Waals surface area contributed by atoms with Gasteiger partial charge in [0, 0.05) is 33.1 Å². The van der Waals surface area contributed by atoms with Gasteiger partial charge in [0.05, 0.1) is 42.1 Å². The van der Waals surface area contributed by atoms with Crippen LogP contribution in [0.5, 0.6) is 0 Å². The van der Waals surface area contributed by atoms with Crippen LogP contribution in [0, 0.1) is 11.5 Å². The van der Waals surface area contributed by atoms with Crippen molar-refractivity contribution in [2.24, 2.45) is 12.0 Å². The normalized spacial score (nSPS) is 11.6. The number of H-pyrrole nitrogens is 1. The number of aromatic nitrogens is 5. The van der Waals surface area contributed by atoms with Gasteiger partial charge in [-0.3, -0.25) is 0 Å². The molecule has 0 amide bonds. The van der Waals surface area contributed by atoms with Crippen molar-refractivity contribution >= 4 is 33.8 Å². The van der Waals surface area contributed by atoms with E-state index in [2.05, 4.69) is 35.9 Å². The van der Waals surface area contributed by atoms with Crippen LogP contribution in [-0.4, -0.2) is 57.8 Å². The van der Waals surface area contributed by atoms with Crippen LogP contribution in [0.1, 0.15) is 5.69 Å². The van der Waals surface area contributed by atoms with Crippen molar-refractivity contribution in [1.29, 1.82) is 5.26 Å². The molecule has 0 aliphatic carbocycles. The molecule has 4 rings (SSSR count). The van der Waals surface area contributed by atoms with Crippen molar-refractivity contribution in [3.63, 3.8) is 0 Å². The number of methoxy groups -OCH3 is 1. The minimum absolute atomic E-state index is 0.379. The average Bonchev–Trinajstić information content (AvgIpc) is 3.41. The van der Waals surface area contributed by atoms with E-state index in [1.54, 1.807) is 19.6 Å². The number of fused-ring (bicyclic) bond motifs is 3. The molecule has 164 valence electrons. The molecule has 4 aromatic rings. The summed E-state index contributed by atoms with van der Waals surface area (Å²) in [7, 11) is 5.41. The van der Waals surface area contributed by atoms with E-state index >= 15 is 0 Å². The number of hydrogen-bond acceptors (Lipinski definition) is 7. The Hall–Kier alpha value is -4.17. The molecule has 4 heterocycles. The van der Waals surface area contributed by atoms with Crippen molar-refractivity contribution in [2.45, 2.75) is 6.54 Å². The average molecular weight is 432 g/mol. The molecule has 0 aliphatic rings. The first-order valence-corrected chi connectivity index (χ1v) is 10.1. The lowest BCUT2D eigenvalue weighted by Crippen LogP contribution is -2.38. The second-order valence-electron chi connectivity index (χ2n) is 7.06. The predicted octanol–water partition coefficient (Wildman–Crippen LogP) is 1.72. The summed E-state index contributed by atoms with van der Waals surface area (Å²) in [5, 5.41) is 19.1. The zero-order valence-electron chi connectivity index (χ0n) is 18.1. The third-order valence-corrected chi connectivity index (χ3v) is 4.95. The van der Waals surface area contributed by atoms with E-state index in [0.29, 0.717) is 25.7 Å². The summed E-state index contributed by atoms with van der Waals surface area (Å²) in [5.74, 6) is 1.10. The molecule has 0 unspecified atom stereocenters. The van der Waals surface area contributed by atoms with Crippen LogP contribution in [-0.2, 0) is 18.3 Å². The highest BCUT2D eigenvalue weighted by Crippen LogP contribution is 2.31. The van der Waals surface area contributed by atoms with Gasteiger partial charge in [-0.1, -0.05) is 6.07 Å². The summed E-state index contributed by atoms with van der Waals surface area (Å²) >= 11 is 0. The van der Waals surface area contributed by atoms with Gasteiger partial charge in [-0.05, 0) is 18.2 Å². The number of imidazole rings is 1. The number of ether oxygens (including phenoxy) is 1. The largest absolute Gasteiger partial charge is 0.383 e. The van der Waals surface area contributed by atoms with Crippen LogP contribution < -0.4 is 16.0 Å². The molecule has 0 fully saturated rings. The van der Waals surface area contributed by atoms with Crippen LogP contribution in [0.3, 0.4) is 0 Å². The molecule has 0 aliphatic heterocycles. The van der Waals surface area contributed by atoms with Crippen LogP contribution in [0.15, 0.2) is 35.6 Å². The van der Waals surface area contributed by atoms with Crippen molar-refractivity contribution in [3.05, 3.63) is 36.3 Å². The summed E-state index contributed by atoms with van der Waals surface area (Å²) in [4.78, 5) is 21.0. The molecule has 0 aromatic carbocycles. The summed E-state index contributed by atoms with van der Waals surface area (Å²) < 4.78 is 6.99. The molecule has 0 saturated heterocycles. The fraction of sp³-hybridized carbons (Fsp3) is 0.286. The lowest BCUT2D eigenvalue weighted by Gasteiger charge is -2.10. The van der Waals surface area contributed by atoms with E-state index in [-0.39, 0.29) is 0 Å². The molecule has 32 heavy (non-hydrogen) atoms. The molecule has 0 atom stereocenters. The number of pyridine rings is 2. The van der Waals surface area contributed by atoms with E-state index in [9.17, 15) is 0 Å². The quantitative estimate of drug-likeness (QED) is 0.150. The van der Waals surface area contributed by atoms with Gasteiger partial charge in [0.2, 0.25) is 12.2 Å². The van der Waals surface area contributed by atoms with E-state index < -0.39 is 0 Å². The summed E-state index contributed by atoms with van der Waals surface area (Å²) in [6.07, 6.45) is 3.57. The van der Waals surface area contributed by atoms with Gasteiger partial charge in [-0.25, -0.2) is 15.0 Å². The Morgan fingerprint density at radius 3 is 2.97 bits per heavy atom. The first kappa shape index (κ1) is 21.1. The van der Waals surface area contributed by atoms with Gasteiger partial charge in [0.15, 0.2) is 5.82 Å². The lowest BCUT2D eigenvalue weighted by molar-refractivity contribution is 0.203. The Kier molecular flexibility index (Phi) is 6.14. The highest BCUT2D eigenvalue weighted by molar-refractivity contribution is 6.07. The molecule has 0 spiro atoms. The van der Waals surface area contributed by atoms with Gasteiger partial charge < -0.3 is 30.2 Å². The number of rotatable bonds is 7. The Labute approximate surface area is 184 Å². The van der Waals surface area contributed by atoms with Crippen LogP contribution in [0.4, 0.5) is 5.82 Å². The van der Waals surface area contributed by atoms with Gasteiger partial charge in [-0.2, -0.15) is 5.26 Å². The topological polar surface area (TPSA) is 141 Å².